The summed E-state index contributed by atoms with van der Waals surface area (Å²) in [6, 6.07) is 0. The lowest BCUT2D eigenvalue weighted by Crippen LogP contribution is -1.53. The quantitative estimate of drug-likeness (QED) is 0.662. The molecule has 3 heteroatoms. The number of rotatable bonds is 0. The van der Waals surface area contributed by atoms with Crippen LogP contribution < -0.4 is 0 Å². The lowest BCUT2D eigenvalue weighted by atomic mass is 10.7. The lowest BCUT2D eigenvalue weighted by Gasteiger charge is -1.71. The van der Waals surface area contributed by atoms with Gasteiger partial charge in [-0.15, -0.1) is 0 Å². The summed E-state index contributed by atoms with van der Waals surface area (Å²) in [5.74, 6) is 0. The van der Waals surface area contributed by atoms with E-state index in [0.717, 1.165) is 8.04 Å². The van der Waals surface area contributed by atoms with Gasteiger partial charge in [-0.2, -0.15) is 0 Å². The molecule has 0 aromatic carbocycles. The van der Waals surface area contributed by atoms with Crippen LogP contribution in [0.25, 0.3) is 0 Å². The van der Waals surface area contributed by atoms with E-state index in [1.54, 1.807) is 12.5 Å². The van der Waals surface area contributed by atoms with E-state index in [9.17, 15) is 0 Å². The van der Waals surface area contributed by atoms with Crippen LogP contribution in [-0.4, -0.2) is 0 Å². The molecule has 0 unspecified atom stereocenters. The lowest BCUT2D eigenvalue weighted by molar-refractivity contribution is 0.564. The fourth-order valence-corrected chi connectivity index (χ4v) is 0.741. The van der Waals surface area contributed by atoms with Crippen LogP contribution in [0.2, 0.25) is 0 Å². The van der Waals surface area contributed by atoms with Crippen LogP contribution in [-0.2, 0) is 0 Å². The maximum atomic E-state index is 4.79. The van der Waals surface area contributed by atoms with Crippen molar-refractivity contribution in [3.05, 3.63) is 20.6 Å². The van der Waals surface area contributed by atoms with Crippen molar-refractivity contribution in [3.8, 4) is 0 Å². The molecule has 0 aliphatic heterocycles. The van der Waals surface area contributed by atoms with E-state index in [0.29, 0.717) is 0 Å². The summed E-state index contributed by atoms with van der Waals surface area (Å²) in [6.45, 7) is 0. The predicted molar refractivity (Wildman–Crippen MR) is 39.1 cm³/mol. The van der Waals surface area contributed by atoms with Crippen LogP contribution in [0.15, 0.2) is 21.4 Å². The Morgan fingerprint density at radius 1 is 1.57 bits per heavy atom. The van der Waals surface area contributed by atoms with E-state index >= 15 is 0 Å². The number of hydrogen-bond acceptors (Lipinski definition) is 1. The molecule has 1 rings (SSSR count). The highest BCUT2D eigenvalue weighted by atomic mass is 127. The largest absolute Gasteiger partial charge is 0.470 e. The van der Waals surface area contributed by atoms with Gasteiger partial charge in [0.05, 0.1) is 8.04 Å². The normalized spacial score (nSPS) is 9.43. The standard InChI is InChI=1S/C4H2BrIO/c5-3-1-7-2-4(3)6/h1-2H. The Balaban J connectivity index is 3.12. The Morgan fingerprint density at radius 2 is 2.29 bits per heavy atom. The van der Waals surface area contributed by atoms with Gasteiger partial charge >= 0.3 is 0 Å². The minimum Gasteiger partial charge on any atom is -0.470 e. The van der Waals surface area contributed by atoms with Gasteiger partial charge in [-0.1, -0.05) is 0 Å². The smallest absolute Gasteiger partial charge is 0.106 e. The highest BCUT2D eigenvalue weighted by Gasteiger charge is 1.93. The fourth-order valence-electron chi connectivity index (χ4n) is 0.266. The zero-order valence-electron chi connectivity index (χ0n) is 3.32. The monoisotopic (exact) mass is 272 g/mol. The van der Waals surface area contributed by atoms with Crippen molar-refractivity contribution in [2.75, 3.05) is 0 Å². The zero-order valence-corrected chi connectivity index (χ0v) is 7.06. The van der Waals surface area contributed by atoms with Gasteiger partial charge < -0.3 is 4.42 Å². The second-order valence-electron chi connectivity index (χ2n) is 1.07. The Hall–Kier alpha value is 0.490. The summed E-state index contributed by atoms with van der Waals surface area (Å²) < 4.78 is 6.92. The molecule has 0 saturated heterocycles. The van der Waals surface area contributed by atoms with E-state index in [1.165, 1.54) is 0 Å². The van der Waals surface area contributed by atoms with Crippen LogP contribution in [0.5, 0.6) is 0 Å². The molecule has 0 fully saturated rings. The molecule has 0 N–H and O–H groups in total. The summed E-state index contributed by atoms with van der Waals surface area (Å²) in [7, 11) is 0. The van der Waals surface area contributed by atoms with Gasteiger partial charge in [-0.05, 0) is 38.5 Å². The molecule has 1 nitrogen and oxygen atoms in total. The fraction of sp³-hybridized carbons (Fsp3) is 0. The van der Waals surface area contributed by atoms with Gasteiger partial charge in [0.15, 0.2) is 0 Å². The maximum Gasteiger partial charge on any atom is 0.106 e. The SMILES string of the molecule is Brc1cocc1I. The van der Waals surface area contributed by atoms with Crippen molar-refractivity contribution in [2.24, 2.45) is 0 Å². The Morgan fingerprint density at radius 3 is 2.43 bits per heavy atom. The van der Waals surface area contributed by atoms with Gasteiger partial charge in [0.2, 0.25) is 0 Å². The first kappa shape index (κ1) is 5.62. The topological polar surface area (TPSA) is 13.1 Å². The van der Waals surface area contributed by atoms with Crippen LogP contribution in [0.3, 0.4) is 0 Å². The molecule has 38 valence electrons. The van der Waals surface area contributed by atoms with Gasteiger partial charge in [0.25, 0.3) is 0 Å². The van der Waals surface area contributed by atoms with E-state index in [1.807, 2.05) is 0 Å². The minimum atomic E-state index is 1.02. The minimum absolute atomic E-state index is 1.02. The van der Waals surface area contributed by atoms with Crippen molar-refractivity contribution in [2.45, 2.75) is 0 Å². The second kappa shape index (κ2) is 2.17. The Kier molecular flexibility index (Phi) is 1.74. The molecule has 0 radical (unpaired) electrons. The highest BCUT2D eigenvalue weighted by Crippen LogP contribution is 2.18. The third-order valence-corrected chi connectivity index (χ3v) is 2.76. The molecular formula is C4H2BrIO. The van der Waals surface area contributed by atoms with E-state index in [4.69, 9.17) is 4.42 Å². The third kappa shape index (κ3) is 1.19. The average Bonchev–Trinajstić information content (AvgIpc) is 1.91. The molecule has 1 heterocycles. The molecular weight excluding hydrogens is 271 g/mol. The summed E-state index contributed by atoms with van der Waals surface area (Å²) >= 11 is 5.44. The van der Waals surface area contributed by atoms with Gasteiger partial charge in [-0.25, -0.2) is 0 Å². The van der Waals surface area contributed by atoms with Gasteiger partial charge in [0, 0.05) is 0 Å². The first-order chi connectivity index (χ1) is 3.30. The van der Waals surface area contributed by atoms with E-state index in [2.05, 4.69) is 38.5 Å². The molecule has 0 saturated carbocycles. The zero-order chi connectivity index (χ0) is 5.28. The van der Waals surface area contributed by atoms with Crippen LogP contribution >= 0.6 is 38.5 Å². The number of halogens is 2. The summed E-state index contributed by atoms with van der Waals surface area (Å²) in [5, 5.41) is 0. The number of furan rings is 1. The molecule has 0 bridgehead atoms. The molecule has 1 aromatic rings. The predicted octanol–water partition coefficient (Wildman–Crippen LogP) is 2.65. The molecule has 0 spiro atoms. The molecule has 0 atom stereocenters. The first-order valence-corrected chi connectivity index (χ1v) is 3.55. The molecule has 0 aliphatic carbocycles. The molecule has 0 aliphatic rings. The summed E-state index contributed by atoms with van der Waals surface area (Å²) in [4.78, 5) is 0. The summed E-state index contributed by atoms with van der Waals surface area (Å²) in [6.07, 6.45) is 3.34. The van der Waals surface area contributed by atoms with Crippen LogP contribution in [0, 0.1) is 3.57 Å². The van der Waals surface area contributed by atoms with E-state index in [-0.39, 0.29) is 0 Å². The first-order valence-electron chi connectivity index (χ1n) is 1.68. The second-order valence-corrected chi connectivity index (χ2v) is 3.08. The molecule has 0 amide bonds. The highest BCUT2D eigenvalue weighted by molar-refractivity contribution is 14.1. The van der Waals surface area contributed by atoms with Crippen LogP contribution in [0.1, 0.15) is 0 Å². The van der Waals surface area contributed by atoms with Gasteiger partial charge in [0.1, 0.15) is 12.5 Å². The Bertz CT molecular complexity index is 144. The van der Waals surface area contributed by atoms with Crippen molar-refractivity contribution < 1.29 is 4.42 Å². The molecule has 7 heavy (non-hydrogen) atoms. The van der Waals surface area contributed by atoms with E-state index < -0.39 is 0 Å². The maximum absolute atomic E-state index is 4.79. The van der Waals surface area contributed by atoms with Crippen molar-refractivity contribution in [1.82, 2.24) is 0 Å². The Labute approximate surface area is 63.4 Å². The number of hydrogen-bond donors (Lipinski definition) is 0. The van der Waals surface area contributed by atoms with Crippen molar-refractivity contribution in [3.63, 3.8) is 0 Å². The third-order valence-electron chi connectivity index (χ3n) is 0.571. The van der Waals surface area contributed by atoms with Crippen LogP contribution in [0.4, 0.5) is 0 Å². The summed E-state index contributed by atoms with van der Waals surface area (Å²) in [5.41, 5.74) is 0. The average molecular weight is 273 g/mol. The molecule has 1 aromatic heterocycles. The van der Waals surface area contributed by atoms with Crippen molar-refractivity contribution in [1.29, 1.82) is 0 Å². The van der Waals surface area contributed by atoms with Gasteiger partial charge in [-0.3, -0.25) is 0 Å². The van der Waals surface area contributed by atoms with Crippen molar-refractivity contribution >= 4 is 38.5 Å².